The normalized spacial score (nSPS) is 10.0. The van der Waals surface area contributed by atoms with Gasteiger partial charge in [-0.3, -0.25) is 4.79 Å². The summed E-state index contributed by atoms with van der Waals surface area (Å²) in [5.41, 5.74) is 2.95. The molecule has 130 valence electrons. The zero-order chi connectivity index (χ0) is 18.4. The van der Waals surface area contributed by atoms with E-state index in [1.54, 1.807) is 43.3 Å². The number of hydrogen-bond donors (Lipinski definition) is 1. The van der Waals surface area contributed by atoms with Gasteiger partial charge in [0, 0.05) is 5.69 Å². The number of ether oxygens (including phenoxy) is 2. The average molecular weight is 341 g/mol. The summed E-state index contributed by atoms with van der Waals surface area (Å²) in [4.78, 5) is 35.5. The molecular formula is C19H19NO5. The molecule has 0 heterocycles. The van der Waals surface area contributed by atoms with E-state index in [9.17, 15) is 14.4 Å². The number of anilines is 1. The first-order valence-corrected chi connectivity index (χ1v) is 7.63. The Morgan fingerprint density at radius 1 is 0.920 bits per heavy atom. The lowest BCUT2D eigenvalue weighted by molar-refractivity contribution is -0.119. The van der Waals surface area contributed by atoms with Crippen LogP contribution in [-0.2, 0) is 14.3 Å². The molecule has 6 heteroatoms. The highest BCUT2D eigenvalue weighted by atomic mass is 16.5. The topological polar surface area (TPSA) is 81.7 Å². The molecule has 0 saturated heterocycles. The van der Waals surface area contributed by atoms with E-state index in [4.69, 9.17) is 4.74 Å². The van der Waals surface area contributed by atoms with Gasteiger partial charge in [0.05, 0.1) is 18.2 Å². The lowest BCUT2D eigenvalue weighted by Crippen LogP contribution is -2.21. The number of carbonyl (C=O) groups is 3. The summed E-state index contributed by atoms with van der Waals surface area (Å²) in [6.45, 7) is 3.27. The number of methoxy groups -OCH3 is 1. The highest BCUT2D eigenvalue weighted by Gasteiger charge is 2.13. The fourth-order valence-electron chi connectivity index (χ4n) is 2.09. The average Bonchev–Trinajstić information content (AvgIpc) is 2.61. The smallest absolute Gasteiger partial charge is 0.338 e. The summed E-state index contributed by atoms with van der Waals surface area (Å²) in [6, 6.07) is 11.7. The van der Waals surface area contributed by atoms with Crippen LogP contribution in [0.15, 0.2) is 42.5 Å². The minimum absolute atomic E-state index is 0.319. The number of amides is 1. The molecule has 0 aliphatic heterocycles. The summed E-state index contributed by atoms with van der Waals surface area (Å²) < 4.78 is 9.65. The third-order valence-corrected chi connectivity index (χ3v) is 3.55. The highest BCUT2D eigenvalue weighted by Crippen LogP contribution is 2.17. The molecule has 1 N–H and O–H groups in total. The molecule has 6 nitrogen and oxygen atoms in total. The minimum Gasteiger partial charge on any atom is -0.465 e. The predicted molar refractivity (Wildman–Crippen MR) is 92.6 cm³/mol. The number of hydrogen-bond acceptors (Lipinski definition) is 5. The fourth-order valence-corrected chi connectivity index (χ4v) is 2.09. The highest BCUT2D eigenvalue weighted by molar-refractivity contribution is 5.97. The zero-order valence-corrected chi connectivity index (χ0v) is 14.3. The molecule has 0 aromatic heterocycles. The first kappa shape index (κ1) is 18.2. The van der Waals surface area contributed by atoms with Gasteiger partial charge in [-0.15, -0.1) is 0 Å². The largest absolute Gasteiger partial charge is 0.465 e. The molecule has 0 bridgehead atoms. The molecule has 0 unspecified atom stereocenters. The van der Waals surface area contributed by atoms with Gasteiger partial charge in [0.25, 0.3) is 5.91 Å². The number of esters is 2. The second kappa shape index (κ2) is 8.10. The van der Waals surface area contributed by atoms with E-state index < -0.39 is 24.5 Å². The molecule has 2 rings (SSSR count). The molecule has 0 atom stereocenters. The third-order valence-electron chi connectivity index (χ3n) is 3.55. The SMILES string of the molecule is COC(=O)c1ccc(C)c(NC(=O)COC(=O)c2ccc(C)cc2)c1. The molecule has 0 saturated carbocycles. The number of rotatable bonds is 5. The Labute approximate surface area is 145 Å². The van der Waals surface area contributed by atoms with Crippen molar-refractivity contribution < 1.29 is 23.9 Å². The van der Waals surface area contributed by atoms with Gasteiger partial charge in [0.2, 0.25) is 0 Å². The lowest BCUT2D eigenvalue weighted by Gasteiger charge is -2.10. The Morgan fingerprint density at radius 3 is 2.20 bits per heavy atom. The third kappa shape index (κ3) is 4.91. The lowest BCUT2D eigenvalue weighted by atomic mass is 10.1. The molecule has 0 aliphatic rings. The first-order chi connectivity index (χ1) is 11.9. The number of benzene rings is 2. The van der Waals surface area contributed by atoms with E-state index in [1.807, 2.05) is 6.92 Å². The summed E-state index contributed by atoms with van der Waals surface area (Å²) >= 11 is 0. The molecule has 0 fully saturated rings. The molecule has 1 amide bonds. The van der Waals surface area contributed by atoms with Crippen molar-refractivity contribution in [1.82, 2.24) is 0 Å². The van der Waals surface area contributed by atoms with Gasteiger partial charge in [0.1, 0.15) is 0 Å². The van der Waals surface area contributed by atoms with Crippen molar-refractivity contribution in [3.63, 3.8) is 0 Å². The van der Waals surface area contributed by atoms with Crippen LogP contribution in [0, 0.1) is 13.8 Å². The first-order valence-electron chi connectivity index (χ1n) is 7.63. The van der Waals surface area contributed by atoms with Crippen LogP contribution in [0.2, 0.25) is 0 Å². The van der Waals surface area contributed by atoms with E-state index in [-0.39, 0.29) is 0 Å². The maximum atomic E-state index is 12.0. The van der Waals surface area contributed by atoms with Crippen LogP contribution in [0.4, 0.5) is 5.69 Å². The molecule has 2 aromatic carbocycles. The van der Waals surface area contributed by atoms with Crippen molar-refractivity contribution in [2.75, 3.05) is 19.0 Å². The summed E-state index contributed by atoms with van der Waals surface area (Å²) in [5.74, 6) is -1.57. The number of carbonyl (C=O) groups excluding carboxylic acids is 3. The van der Waals surface area contributed by atoms with Crippen LogP contribution in [0.1, 0.15) is 31.8 Å². The Balaban J connectivity index is 1.97. The quantitative estimate of drug-likeness (QED) is 0.846. The van der Waals surface area contributed by atoms with Crippen LogP contribution in [0.3, 0.4) is 0 Å². The van der Waals surface area contributed by atoms with Crippen molar-refractivity contribution >= 4 is 23.5 Å². The van der Waals surface area contributed by atoms with Crippen molar-refractivity contribution in [2.24, 2.45) is 0 Å². The van der Waals surface area contributed by atoms with Crippen LogP contribution < -0.4 is 5.32 Å². The Hall–Kier alpha value is -3.15. The van der Waals surface area contributed by atoms with Crippen LogP contribution >= 0.6 is 0 Å². The summed E-state index contributed by atoms with van der Waals surface area (Å²) in [6.07, 6.45) is 0. The Kier molecular flexibility index (Phi) is 5.89. The molecule has 0 radical (unpaired) electrons. The zero-order valence-electron chi connectivity index (χ0n) is 14.3. The standard InChI is InChI=1S/C19H19NO5/c1-12-4-7-14(8-5-12)19(23)25-11-17(21)20-16-10-15(18(22)24-3)9-6-13(16)2/h4-10H,11H2,1-3H3,(H,20,21). The van der Waals surface area contributed by atoms with Gasteiger partial charge in [-0.1, -0.05) is 23.8 Å². The van der Waals surface area contributed by atoms with Gasteiger partial charge in [0.15, 0.2) is 6.61 Å². The molecular weight excluding hydrogens is 322 g/mol. The maximum absolute atomic E-state index is 12.0. The van der Waals surface area contributed by atoms with Crippen LogP contribution in [0.25, 0.3) is 0 Å². The second-order valence-electron chi connectivity index (χ2n) is 5.51. The van der Waals surface area contributed by atoms with Gasteiger partial charge >= 0.3 is 11.9 Å². The second-order valence-corrected chi connectivity index (χ2v) is 5.51. The minimum atomic E-state index is -0.574. The monoisotopic (exact) mass is 341 g/mol. The Morgan fingerprint density at radius 2 is 1.56 bits per heavy atom. The van der Waals surface area contributed by atoms with Gasteiger partial charge in [-0.25, -0.2) is 9.59 Å². The van der Waals surface area contributed by atoms with E-state index in [2.05, 4.69) is 10.1 Å². The van der Waals surface area contributed by atoms with E-state index in [0.717, 1.165) is 11.1 Å². The van der Waals surface area contributed by atoms with E-state index >= 15 is 0 Å². The predicted octanol–water partition coefficient (Wildman–Crippen LogP) is 2.89. The van der Waals surface area contributed by atoms with Gasteiger partial charge in [-0.05, 0) is 43.7 Å². The van der Waals surface area contributed by atoms with Gasteiger partial charge < -0.3 is 14.8 Å². The number of nitrogens with one attached hydrogen (secondary N) is 1. The van der Waals surface area contributed by atoms with Gasteiger partial charge in [-0.2, -0.15) is 0 Å². The van der Waals surface area contributed by atoms with Crippen molar-refractivity contribution in [1.29, 1.82) is 0 Å². The Bertz CT molecular complexity index is 796. The number of aryl methyl sites for hydroxylation is 2. The van der Waals surface area contributed by atoms with E-state index in [1.165, 1.54) is 13.2 Å². The van der Waals surface area contributed by atoms with Crippen molar-refractivity contribution in [2.45, 2.75) is 13.8 Å². The van der Waals surface area contributed by atoms with E-state index in [0.29, 0.717) is 16.8 Å². The summed E-state index contributed by atoms with van der Waals surface area (Å²) in [7, 11) is 1.28. The van der Waals surface area contributed by atoms with Crippen molar-refractivity contribution in [3.8, 4) is 0 Å². The van der Waals surface area contributed by atoms with Crippen LogP contribution in [0.5, 0.6) is 0 Å². The summed E-state index contributed by atoms with van der Waals surface area (Å²) in [5, 5.41) is 2.62. The fraction of sp³-hybridized carbons (Fsp3) is 0.211. The molecule has 25 heavy (non-hydrogen) atoms. The molecule has 2 aromatic rings. The maximum Gasteiger partial charge on any atom is 0.338 e. The van der Waals surface area contributed by atoms with Crippen molar-refractivity contribution in [3.05, 3.63) is 64.7 Å². The van der Waals surface area contributed by atoms with Crippen LogP contribution in [-0.4, -0.2) is 31.6 Å². The molecule has 0 spiro atoms. The molecule has 0 aliphatic carbocycles.